The van der Waals surface area contributed by atoms with E-state index >= 15 is 0 Å². The van der Waals surface area contributed by atoms with Gasteiger partial charge in [0.1, 0.15) is 12.0 Å². The lowest BCUT2D eigenvalue weighted by molar-refractivity contribution is -0.108. The van der Waals surface area contributed by atoms with Crippen molar-refractivity contribution in [2.45, 2.75) is 25.3 Å². The number of carbonyl (C=O) groups is 1. The molecule has 6 heteroatoms. The van der Waals surface area contributed by atoms with Crippen LogP contribution >= 0.6 is 0 Å². The first-order valence-corrected chi connectivity index (χ1v) is 9.91. The molecule has 3 aromatic rings. The molecule has 1 aliphatic heterocycles. The first kappa shape index (κ1) is 19.0. The summed E-state index contributed by atoms with van der Waals surface area (Å²) in [6, 6.07) is 17.7. The van der Waals surface area contributed by atoms with Gasteiger partial charge in [0, 0.05) is 30.6 Å². The molecule has 2 fully saturated rings. The van der Waals surface area contributed by atoms with Gasteiger partial charge >= 0.3 is 0 Å². The Hall–Kier alpha value is -3.30. The van der Waals surface area contributed by atoms with Crippen molar-refractivity contribution < 1.29 is 4.79 Å². The fraction of sp³-hybridized carbons (Fsp3) is 0.304. The minimum Gasteiger partial charge on any atom is -0.353 e. The summed E-state index contributed by atoms with van der Waals surface area (Å²) in [5, 5.41) is 9.18. The number of carbonyl (C=O) groups excluding carboxylic acids is 1. The Balaban J connectivity index is 0.000000359. The van der Waals surface area contributed by atoms with Crippen molar-refractivity contribution in [1.29, 1.82) is 5.26 Å². The highest BCUT2D eigenvalue weighted by Gasteiger charge is 2.24. The molecule has 0 amide bonds. The van der Waals surface area contributed by atoms with Crippen molar-refractivity contribution in [2.24, 2.45) is 11.7 Å². The van der Waals surface area contributed by atoms with Crippen molar-refractivity contribution in [2.75, 3.05) is 18.0 Å². The molecule has 1 saturated heterocycles. The smallest absolute Gasteiger partial charge is 0.156 e. The van der Waals surface area contributed by atoms with Crippen LogP contribution in [-0.4, -0.2) is 35.4 Å². The monoisotopic (exact) mass is 385 g/mol. The number of nitrogens with zero attached hydrogens (tertiary/aromatic N) is 4. The van der Waals surface area contributed by atoms with E-state index in [1.165, 1.54) is 0 Å². The Morgan fingerprint density at radius 3 is 2.41 bits per heavy atom. The van der Waals surface area contributed by atoms with Crippen molar-refractivity contribution in [3.63, 3.8) is 0 Å². The molecule has 2 N–H and O–H groups in total. The Kier molecular flexibility index (Phi) is 5.50. The minimum atomic E-state index is 0.163. The maximum absolute atomic E-state index is 9.57. The summed E-state index contributed by atoms with van der Waals surface area (Å²) in [5.41, 5.74) is 10.1. The first-order valence-electron chi connectivity index (χ1n) is 9.91. The van der Waals surface area contributed by atoms with Crippen LogP contribution < -0.4 is 10.6 Å². The molecule has 1 aliphatic carbocycles. The summed E-state index contributed by atoms with van der Waals surface area (Å²) in [4.78, 5) is 21.4. The maximum Gasteiger partial charge on any atom is 0.156 e. The van der Waals surface area contributed by atoms with Gasteiger partial charge in [-0.15, -0.1) is 0 Å². The van der Waals surface area contributed by atoms with Crippen LogP contribution in [0.15, 0.2) is 48.5 Å². The number of hydrogen-bond donors (Lipinski definition) is 1. The third kappa shape index (κ3) is 4.41. The number of nitrogens with two attached hydrogens (primary N) is 1. The van der Waals surface area contributed by atoms with E-state index in [-0.39, 0.29) is 6.04 Å². The SMILES string of the molecule is N#Cc1cccc(-c2nc3ccccc3nc2N2CCC(N)C2)c1.O=CC1CC1. The molecule has 1 atom stereocenters. The quantitative estimate of drug-likeness (QED) is 0.695. The van der Waals surface area contributed by atoms with Crippen LogP contribution in [0.25, 0.3) is 22.3 Å². The van der Waals surface area contributed by atoms with E-state index in [1.807, 2.05) is 42.5 Å². The van der Waals surface area contributed by atoms with E-state index in [4.69, 9.17) is 15.7 Å². The average Bonchev–Trinajstić information content (AvgIpc) is 3.52. The second-order valence-corrected chi connectivity index (χ2v) is 7.55. The van der Waals surface area contributed by atoms with Crippen molar-refractivity contribution in [3.05, 3.63) is 54.1 Å². The number of aromatic nitrogens is 2. The van der Waals surface area contributed by atoms with Gasteiger partial charge < -0.3 is 15.4 Å². The van der Waals surface area contributed by atoms with E-state index in [1.54, 1.807) is 6.07 Å². The summed E-state index contributed by atoms with van der Waals surface area (Å²) in [6.07, 6.45) is 4.26. The number of fused-ring (bicyclic) bond motifs is 1. The molecule has 0 spiro atoms. The number of aldehydes is 1. The molecule has 1 saturated carbocycles. The van der Waals surface area contributed by atoms with E-state index < -0.39 is 0 Å². The topological polar surface area (TPSA) is 95.9 Å². The molecule has 1 unspecified atom stereocenters. The van der Waals surface area contributed by atoms with Gasteiger partial charge in [0.05, 0.1) is 22.7 Å². The largest absolute Gasteiger partial charge is 0.353 e. The molecule has 0 radical (unpaired) electrons. The standard InChI is InChI=1S/C19H17N5.C4H6O/c20-11-13-4-3-5-14(10-13)18-19(24-9-8-15(21)12-24)23-17-7-2-1-6-16(17)22-18;5-3-4-1-2-4/h1-7,10,15H,8-9,12,21H2;3-4H,1-2H2. The summed E-state index contributed by atoms with van der Waals surface area (Å²) >= 11 is 0. The van der Waals surface area contributed by atoms with Crippen LogP contribution in [-0.2, 0) is 4.79 Å². The normalized spacial score (nSPS) is 18.1. The lowest BCUT2D eigenvalue weighted by Crippen LogP contribution is -2.27. The van der Waals surface area contributed by atoms with Crippen molar-refractivity contribution in [1.82, 2.24) is 9.97 Å². The molecular weight excluding hydrogens is 362 g/mol. The number of rotatable bonds is 3. The second kappa shape index (κ2) is 8.38. The molecule has 2 heterocycles. The molecule has 2 aliphatic rings. The molecular formula is C23H23N5O. The molecule has 0 bridgehead atoms. The van der Waals surface area contributed by atoms with E-state index in [0.717, 1.165) is 66.7 Å². The predicted molar refractivity (Wildman–Crippen MR) is 113 cm³/mol. The molecule has 29 heavy (non-hydrogen) atoms. The minimum absolute atomic E-state index is 0.163. The van der Waals surface area contributed by atoms with E-state index in [9.17, 15) is 10.1 Å². The van der Waals surface area contributed by atoms with Gasteiger partial charge in [0.15, 0.2) is 5.82 Å². The Morgan fingerprint density at radius 2 is 1.83 bits per heavy atom. The van der Waals surface area contributed by atoms with Gasteiger partial charge in [0.2, 0.25) is 0 Å². The first-order chi connectivity index (χ1) is 14.2. The van der Waals surface area contributed by atoms with Gasteiger partial charge in [-0.3, -0.25) is 0 Å². The summed E-state index contributed by atoms with van der Waals surface area (Å²) in [6.45, 7) is 1.65. The zero-order valence-electron chi connectivity index (χ0n) is 16.2. The van der Waals surface area contributed by atoms with Crippen LogP contribution in [0.2, 0.25) is 0 Å². The van der Waals surface area contributed by atoms with Gasteiger partial charge in [-0.25, -0.2) is 9.97 Å². The Bertz CT molecular complexity index is 1070. The number of hydrogen-bond acceptors (Lipinski definition) is 6. The maximum atomic E-state index is 9.57. The zero-order valence-corrected chi connectivity index (χ0v) is 16.2. The average molecular weight is 385 g/mol. The highest BCUT2D eigenvalue weighted by Crippen LogP contribution is 2.31. The van der Waals surface area contributed by atoms with Crippen LogP contribution in [0.4, 0.5) is 5.82 Å². The molecule has 2 aromatic carbocycles. The van der Waals surface area contributed by atoms with Crippen LogP contribution in [0.1, 0.15) is 24.8 Å². The zero-order chi connectivity index (χ0) is 20.2. The highest BCUT2D eigenvalue weighted by atomic mass is 16.1. The summed E-state index contributed by atoms with van der Waals surface area (Å²) < 4.78 is 0. The molecule has 5 rings (SSSR count). The van der Waals surface area contributed by atoms with Crippen LogP contribution in [0.5, 0.6) is 0 Å². The van der Waals surface area contributed by atoms with Gasteiger partial charge in [-0.1, -0.05) is 24.3 Å². The molecule has 146 valence electrons. The van der Waals surface area contributed by atoms with E-state index in [2.05, 4.69) is 11.0 Å². The highest BCUT2D eigenvalue weighted by molar-refractivity contribution is 5.84. The van der Waals surface area contributed by atoms with Crippen LogP contribution in [0.3, 0.4) is 0 Å². The van der Waals surface area contributed by atoms with Crippen molar-refractivity contribution in [3.8, 4) is 17.3 Å². The van der Waals surface area contributed by atoms with Gasteiger partial charge in [-0.2, -0.15) is 5.26 Å². The second-order valence-electron chi connectivity index (χ2n) is 7.55. The van der Waals surface area contributed by atoms with Gasteiger partial charge in [0.25, 0.3) is 0 Å². The third-order valence-corrected chi connectivity index (χ3v) is 5.16. The van der Waals surface area contributed by atoms with Crippen LogP contribution in [0, 0.1) is 17.2 Å². The predicted octanol–water partition coefficient (Wildman–Crippen LogP) is 3.30. The van der Waals surface area contributed by atoms with E-state index in [0.29, 0.717) is 11.5 Å². The number of anilines is 1. The number of benzene rings is 2. The lowest BCUT2D eigenvalue weighted by Gasteiger charge is -2.20. The number of nitriles is 1. The fourth-order valence-corrected chi connectivity index (χ4v) is 3.35. The summed E-state index contributed by atoms with van der Waals surface area (Å²) in [5.74, 6) is 1.30. The Labute approximate surface area is 170 Å². The molecule has 6 nitrogen and oxygen atoms in total. The summed E-state index contributed by atoms with van der Waals surface area (Å²) in [7, 11) is 0. The number of para-hydroxylation sites is 2. The van der Waals surface area contributed by atoms with Gasteiger partial charge in [-0.05, 0) is 43.5 Å². The third-order valence-electron chi connectivity index (χ3n) is 5.16. The molecule has 1 aromatic heterocycles. The Morgan fingerprint density at radius 1 is 1.07 bits per heavy atom. The fourth-order valence-electron chi connectivity index (χ4n) is 3.35. The van der Waals surface area contributed by atoms with Crippen molar-refractivity contribution >= 4 is 23.1 Å². The lowest BCUT2D eigenvalue weighted by atomic mass is 10.1.